The molecule has 1 saturated heterocycles. The van der Waals surface area contributed by atoms with Gasteiger partial charge in [-0.25, -0.2) is 0 Å². The number of allylic oxidation sites excluding steroid dienone is 9. The van der Waals surface area contributed by atoms with E-state index in [4.69, 9.17) is 9.47 Å². The summed E-state index contributed by atoms with van der Waals surface area (Å²) in [6.07, 6.45) is 64.4. The van der Waals surface area contributed by atoms with Crippen molar-refractivity contribution in [2.45, 2.75) is 320 Å². The number of amides is 1. The lowest BCUT2D eigenvalue weighted by molar-refractivity contribution is -0.302. The number of carbonyl (C=O) groups is 1. The molecule has 9 heteroatoms. The highest BCUT2D eigenvalue weighted by atomic mass is 16.7. The summed E-state index contributed by atoms with van der Waals surface area (Å²) in [6.45, 7) is 3.68. The normalized spacial score (nSPS) is 19.6. The number of hydrogen-bond donors (Lipinski definition) is 6. The second kappa shape index (κ2) is 52.3. The minimum atomic E-state index is -1.57. The maximum absolute atomic E-state index is 13.1. The fraction of sp³-hybridized carbons (Fsp3) is 0.825. The van der Waals surface area contributed by atoms with Gasteiger partial charge in [-0.2, -0.15) is 0 Å². The zero-order valence-electron chi connectivity index (χ0n) is 46.7. The summed E-state index contributed by atoms with van der Waals surface area (Å²) in [4.78, 5) is 13.1. The van der Waals surface area contributed by atoms with Gasteiger partial charge in [-0.05, 0) is 57.8 Å². The van der Waals surface area contributed by atoms with E-state index in [1.807, 2.05) is 6.08 Å². The first-order valence-corrected chi connectivity index (χ1v) is 30.5. The van der Waals surface area contributed by atoms with Gasteiger partial charge in [0, 0.05) is 6.42 Å². The Labute approximate surface area is 443 Å². The number of carbonyl (C=O) groups excluding carboxylic acids is 1. The van der Waals surface area contributed by atoms with Crippen molar-refractivity contribution in [3.05, 3.63) is 60.8 Å². The monoisotopic (exact) mass is 1010 g/mol. The summed E-state index contributed by atoms with van der Waals surface area (Å²) in [6, 6.07) is -0.817. The molecule has 1 rings (SSSR count). The predicted molar refractivity (Wildman–Crippen MR) is 304 cm³/mol. The van der Waals surface area contributed by atoms with Crippen molar-refractivity contribution < 1.29 is 39.8 Å². The number of hydrogen-bond acceptors (Lipinski definition) is 8. The molecule has 7 unspecified atom stereocenters. The highest BCUT2D eigenvalue weighted by Crippen LogP contribution is 2.23. The Bertz CT molecular complexity index is 1310. The summed E-state index contributed by atoms with van der Waals surface area (Å²) < 4.78 is 11.3. The molecule has 0 bridgehead atoms. The highest BCUT2D eigenvalue weighted by Gasteiger charge is 2.44. The molecule has 6 N–H and O–H groups in total. The zero-order valence-corrected chi connectivity index (χ0v) is 46.7. The molecule has 0 spiro atoms. The Balaban J connectivity index is 2.19. The Morgan fingerprint density at radius 1 is 0.486 bits per heavy atom. The van der Waals surface area contributed by atoms with Gasteiger partial charge in [0.2, 0.25) is 5.91 Å². The summed E-state index contributed by atoms with van der Waals surface area (Å²) in [7, 11) is 0. The molecule has 1 fully saturated rings. The molecule has 0 saturated carbocycles. The van der Waals surface area contributed by atoms with E-state index in [-0.39, 0.29) is 12.5 Å². The van der Waals surface area contributed by atoms with Crippen LogP contribution >= 0.6 is 0 Å². The first kappa shape index (κ1) is 67.9. The van der Waals surface area contributed by atoms with Crippen LogP contribution in [-0.2, 0) is 14.3 Å². The third kappa shape index (κ3) is 41.2. The Morgan fingerprint density at radius 3 is 1.28 bits per heavy atom. The molecule has 7 atom stereocenters. The van der Waals surface area contributed by atoms with E-state index >= 15 is 0 Å². The summed E-state index contributed by atoms with van der Waals surface area (Å²) >= 11 is 0. The van der Waals surface area contributed by atoms with Crippen LogP contribution in [0.1, 0.15) is 277 Å². The van der Waals surface area contributed by atoms with Crippen molar-refractivity contribution in [3.8, 4) is 0 Å². The van der Waals surface area contributed by atoms with E-state index in [1.54, 1.807) is 6.08 Å². The van der Waals surface area contributed by atoms with Gasteiger partial charge in [0.25, 0.3) is 0 Å². The summed E-state index contributed by atoms with van der Waals surface area (Å²) in [5.74, 6) is -0.190. The molecule has 1 heterocycles. The van der Waals surface area contributed by atoms with Crippen LogP contribution in [0.5, 0.6) is 0 Å². The van der Waals surface area contributed by atoms with Crippen molar-refractivity contribution in [1.29, 1.82) is 0 Å². The predicted octanol–water partition coefficient (Wildman–Crippen LogP) is 15.5. The second-order valence-corrected chi connectivity index (χ2v) is 21.1. The van der Waals surface area contributed by atoms with Gasteiger partial charge < -0.3 is 40.3 Å². The molecule has 1 aliphatic heterocycles. The molecule has 1 aliphatic rings. The van der Waals surface area contributed by atoms with Crippen LogP contribution in [0.3, 0.4) is 0 Å². The quantitative estimate of drug-likeness (QED) is 0.0261. The molecule has 0 aliphatic carbocycles. The van der Waals surface area contributed by atoms with Crippen molar-refractivity contribution in [2.24, 2.45) is 0 Å². The van der Waals surface area contributed by atoms with Crippen molar-refractivity contribution in [1.82, 2.24) is 5.32 Å². The average molecular weight is 1010 g/mol. The fourth-order valence-electron chi connectivity index (χ4n) is 9.56. The first-order chi connectivity index (χ1) is 35.3. The highest BCUT2D eigenvalue weighted by molar-refractivity contribution is 5.76. The third-order valence-electron chi connectivity index (χ3n) is 14.3. The smallest absolute Gasteiger partial charge is 0.220 e. The Hall–Kier alpha value is -2.11. The number of nitrogens with one attached hydrogen (secondary N) is 1. The van der Waals surface area contributed by atoms with Crippen LogP contribution in [0.2, 0.25) is 0 Å². The molecular formula is C63H115NO8. The van der Waals surface area contributed by atoms with E-state index in [0.29, 0.717) is 6.42 Å². The third-order valence-corrected chi connectivity index (χ3v) is 14.3. The van der Waals surface area contributed by atoms with Gasteiger partial charge >= 0.3 is 0 Å². The molecule has 0 aromatic rings. The Morgan fingerprint density at radius 2 is 0.861 bits per heavy atom. The summed E-state index contributed by atoms with van der Waals surface area (Å²) in [5.41, 5.74) is 0. The minimum Gasteiger partial charge on any atom is -0.394 e. The number of ether oxygens (including phenoxy) is 2. The SMILES string of the molecule is CC/C=C\C/C=C\C/C=C\C/C=C\CCCCCCCCC(=O)NC(COC1OC(CO)C(O)C(O)C1O)C(O)/C=C/CCCCCCCCCCCCCCCCCCCCCCCCCCCCCC. The van der Waals surface area contributed by atoms with Crippen LogP contribution in [0.15, 0.2) is 60.8 Å². The maximum Gasteiger partial charge on any atom is 0.220 e. The summed E-state index contributed by atoms with van der Waals surface area (Å²) in [5, 5.41) is 54.6. The van der Waals surface area contributed by atoms with Crippen molar-refractivity contribution in [3.63, 3.8) is 0 Å². The Kier molecular flexibility index (Phi) is 49.4. The van der Waals surface area contributed by atoms with Crippen LogP contribution in [0.4, 0.5) is 0 Å². The van der Waals surface area contributed by atoms with Gasteiger partial charge in [-0.15, -0.1) is 0 Å². The minimum absolute atomic E-state index is 0.190. The average Bonchev–Trinajstić information content (AvgIpc) is 3.38. The van der Waals surface area contributed by atoms with Crippen LogP contribution in [0, 0.1) is 0 Å². The van der Waals surface area contributed by atoms with Crippen LogP contribution in [0.25, 0.3) is 0 Å². The van der Waals surface area contributed by atoms with E-state index in [9.17, 15) is 30.3 Å². The molecule has 420 valence electrons. The second-order valence-electron chi connectivity index (χ2n) is 21.1. The van der Waals surface area contributed by atoms with E-state index in [0.717, 1.165) is 83.5 Å². The van der Waals surface area contributed by atoms with Gasteiger partial charge in [-0.3, -0.25) is 4.79 Å². The van der Waals surface area contributed by atoms with Crippen molar-refractivity contribution >= 4 is 5.91 Å². The standard InChI is InChI=1S/C63H115NO8/c1-3-5-7-9-11-13-15-17-19-21-23-24-25-26-27-28-29-30-31-32-33-35-36-38-40-42-44-46-48-50-52-57(66)56(55-71-63-62(70)61(69)60(68)58(54-65)72-63)64-59(67)53-51-49-47-45-43-41-39-37-34-22-20-18-16-14-12-10-8-6-4-2/h6,8,12,14,18,20,34,37,50,52,56-58,60-63,65-66,68-70H,3-5,7,9-11,13,15-17,19,21-33,35-36,38-49,51,53-55H2,1-2H3,(H,64,67)/b8-6-,14-12-,20-18-,37-34-,52-50+. The number of aliphatic hydroxyl groups excluding tert-OH is 5. The molecule has 0 radical (unpaired) electrons. The van der Waals surface area contributed by atoms with E-state index in [2.05, 4.69) is 67.8 Å². The maximum atomic E-state index is 13.1. The molecule has 0 aromatic heterocycles. The van der Waals surface area contributed by atoms with Gasteiger partial charge in [0.15, 0.2) is 6.29 Å². The lowest BCUT2D eigenvalue weighted by Crippen LogP contribution is -2.60. The number of unbranched alkanes of at least 4 members (excludes halogenated alkanes) is 34. The zero-order chi connectivity index (χ0) is 52.2. The number of rotatable bonds is 52. The van der Waals surface area contributed by atoms with Crippen molar-refractivity contribution in [2.75, 3.05) is 13.2 Å². The first-order valence-electron chi connectivity index (χ1n) is 30.5. The van der Waals surface area contributed by atoms with Gasteiger partial charge in [-0.1, -0.05) is 274 Å². The van der Waals surface area contributed by atoms with Crippen LogP contribution in [-0.4, -0.2) is 87.5 Å². The van der Waals surface area contributed by atoms with Gasteiger partial charge in [0.1, 0.15) is 24.4 Å². The molecule has 9 nitrogen and oxygen atoms in total. The van der Waals surface area contributed by atoms with E-state index < -0.39 is 49.5 Å². The van der Waals surface area contributed by atoms with Gasteiger partial charge in [0.05, 0.1) is 25.4 Å². The van der Waals surface area contributed by atoms with Crippen LogP contribution < -0.4 is 5.32 Å². The molecule has 1 amide bonds. The molecule has 72 heavy (non-hydrogen) atoms. The lowest BCUT2D eigenvalue weighted by Gasteiger charge is -2.40. The largest absolute Gasteiger partial charge is 0.394 e. The number of aliphatic hydroxyl groups is 5. The fourth-order valence-corrected chi connectivity index (χ4v) is 9.56. The molecule has 0 aromatic carbocycles. The molecular weight excluding hydrogens is 899 g/mol. The topological polar surface area (TPSA) is 149 Å². The lowest BCUT2D eigenvalue weighted by atomic mass is 9.99. The van der Waals surface area contributed by atoms with E-state index in [1.165, 1.54) is 173 Å².